The van der Waals surface area contributed by atoms with Crippen molar-refractivity contribution in [1.82, 2.24) is 0 Å². The molecule has 1 aromatic rings. The van der Waals surface area contributed by atoms with E-state index in [0.717, 1.165) is 5.56 Å². The number of ketones is 1. The highest BCUT2D eigenvalue weighted by molar-refractivity contribution is 5.98. The SMILES string of the molecule is CC1=CC(C(C)C(=O)c2ccccc2)C(C)=C1C. The molecule has 1 heteroatoms. The molecule has 0 amide bonds. The molecule has 1 aromatic carbocycles. The van der Waals surface area contributed by atoms with Crippen LogP contribution in [0, 0.1) is 11.8 Å². The Kier molecular flexibility index (Phi) is 3.51. The van der Waals surface area contributed by atoms with Gasteiger partial charge >= 0.3 is 0 Å². The number of carbonyl (C=O) groups is 1. The van der Waals surface area contributed by atoms with Crippen LogP contribution in [0.15, 0.2) is 53.1 Å². The van der Waals surface area contributed by atoms with Gasteiger partial charge in [0.15, 0.2) is 5.78 Å². The normalized spacial score (nSPS) is 20.9. The van der Waals surface area contributed by atoms with Gasteiger partial charge < -0.3 is 0 Å². The van der Waals surface area contributed by atoms with Crippen LogP contribution >= 0.6 is 0 Å². The fourth-order valence-electron chi connectivity index (χ4n) is 2.63. The Bertz CT molecular complexity index is 520. The van der Waals surface area contributed by atoms with Crippen molar-refractivity contribution in [2.45, 2.75) is 27.7 Å². The van der Waals surface area contributed by atoms with Crippen molar-refractivity contribution in [3.8, 4) is 0 Å². The zero-order chi connectivity index (χ0) is 13.3. The summed E-state index contributed by atoms with van der Waals surface area (Å²) in [5, 5.41) is 0. The largest absolute Gasteiger partial charge is 0.294 e. The summed E-state index contributed by atoms with van der Waals surface area (Å²) in [4.78, 5) is 12.4. The number of hydrogen-bond donors (Lipinski definition) is 0. The van der Waals surface area contributed by atoms with Gasteiger partial charge in [0, 0.05) is 17.4 Å². The third-order valence-corrected chi connectivity index (χ3v) is 4.12. The summed E-state index contributed by atoms with van der Waals surface area (Å²) in [5.74, 6) is 0.510. The Morgan fingerprint density at radius 1 is 1.11 bits per heavy atom. The van der Waals surface area contributed by atoms with Crippen LogP contribution in [0.2, 0.25) is 0 Å². The van der Waals surface area contributed by atoms with Gasteiger partial charge in [-0.1, -0.05) is 54.5 Å². The van der Waals surface area contributed by atoms with Crippen molar-refractivity contribution >= 4 is 5.78 Å². The Balaban J connectivity index is 2.24. The summed E-state index contributed by atoms with van der Waals surface area (Å²) < 4.78 is 0. The Morgan fingerprint density at radius 2 is 1.72 bits per heavy atom. The molecule has 94 valence electrons. The molecule has 18 heavy (non-hydrogen) atoms. The van der Waals surface area contributed by atoms with Crippen molar-refractivity contribution in [2.24, 2.45) is 11.8 Å². The molecule has 0 aliphatic heterocycles. The molecular formula is C17H20O. The van der Waals surface area contributed by atoms with Crippen molar-refractivity contribution in [1.29, 1.82) is 0 Å². The first-order valence-corrected chi connectivity index (χ1v) is 6.47. The maximum atomic E-state index is 12.4. The lowest BCUT2D eigenvalue weighted by molar-refractivity contribution is 0.0912. The van der Waals surface area contributed by atoms with E-state index in [4.69, 9.17) is 0 Å². The molecule has 2 unspecified atom stereocenters. The number of rotatable bonds is 3. The third-order valence-electron chi connectivity index (χ3n) is 4.12. The molecule has 0 N–H and O–H groups in total. The molecule has 0 saturated carbocycles. The van der Waals surface area contributed by atoms with Gasteiger partial charge in [0.2, 0.25) is 0 Å². The highest BCUT2D eigenvalue weighted by Crippen LogP contribution is 2.36. The van der Waals surface area contributed by atoms with Crippen LogP contribution < -0.4 is 0 Å². The van der Waals surface area contributed by atoms with E-state index in [9.17, 15) is 4.79 Å². The molecule has 0 heterocycles. The zero-order valence-corrected chi connectivity index (χ0v) is 11.5. The van der Waals surface area contributed by atoms with Crippen LogP contribution in [-0.2, 0) is 0 Å². The van der Waals surface area contributed by atoms with Gasteiger partial charge in [0.1, 0.15) is 0 Å². The zero-order valence-electron chi connectivity index (χ0n) is 11.5. The lowest BCUT2D eigenvalue weighted by Gasteiger charge is -2.18. The minimum absolute atomic E-state index is 0.0137. The molecule has 0 bridgehead atoms. The first kappa shape index (κ1) is 12.8. The topological polar surface area (TPSA) is 17.1 Å². The molecule has 0 radical (unpaired) electrons. The van der Waals surface area contributed by atoms with E-state index in [1.807, 2.05) is 37.3 Å². The smallest absolute Gasteiger partial charge is 0.166 e. The minimum Gasteiger partial charge on any atom is -0.294 e. The van der Waals surface area contributed by atoms with Crippen LogP contribution in [0.4, 0.5) is 0 Å². The molecule has 0 aromatic heterocycles. The van der Waals surface area contributed by atoms with Crippen molar-refractivity contribution in [3.63, 3.8) is 0 Å². The molecule has 1 aliphatic rings. The average Bonchev–Trinajstić information content (AvgIpc) is 2.66. The van der Waals surface area contributed by atoms with E-state index in [-0.39, 0.29) is 17.6 Å². The predicted molar refractivity (Wildman–Crippen MR) is 75.6 cm³/mol. The number of allylic oxidation sites excluding steroid dienone is 4. The standard InChI is InChI=1S/C17H20O/c1-11-10-16(13(3)12(11)2)14(4)17(18)15-8-6-5-7-9-15/h5-10,14,16H,1-4H3. The van der Waals surface area contributed by atoms with E-state index in [1.54, 1.807) is 0 Å². The monoisotopic (exact) mass is 240 g/mol. The highest BCUT2D eigenvalue weighted by atomic mass is 16.1. The van der Waals surface area contributed by atoms with E-state index >= 15 is 0 Å². The summed E-state index contributed by atoms with van der Waals surface area (Å²) in [6.07, 6.45) is 2.23. The summed E-state index contributed by atoms with van der Waals surface area (Å²) in [5.41, 5.74) is 4.80. The Labute approximate surface area is 109 Å². The summed E-state index contributed by atoms with van der Waals surface area (Å²) >= 11 is 0. The van der Waals surface area contributed by atoms with Gasteiger partial charge in [-0.15, -0.1) is 0 Å². The summed E-state index contributed by atoms with van der Waals surface area (Å²) in [6, 6.07) is 9.58. The average molecular weight is 240 g/mol. The second-order valence-corrected chi connectivity index (χ2v) is 5.20. The first-order chi connectivity index (χ1) is 8.52. The number of carbonyl (C=O) groups excluding carboxylic acids is 1. The molecule has 2 rings (SSSR count). The van der Waals surface area contributed by atoms with E-state index in [0.29, 0.717) is 0 Å². The maximum absolute atomic E-state index is 12.4. The predicted octanol–water partition coefficient (Wildman–Crippen LogP) is 4.42. The van der Waals surface area contributed by atoms with Crippen LogP contribution in [0.25, 0.3) is 0 Å². The Hall–Kier alpha value is -1.63. The number of Topliss-reactive ketones (excluding diaryl/α,β-unsaturated/α-hetero) is 1. The molecule has 0 saturated heterocycles. The molecule has 2 atom stereocenters. The van der Waals surface area contributed by atoms with Crippen LogP contribution in [0.5, 0.6) is 0 Å². The van der Waals surface area contributed by atoms with E-state index in [1.165, 1.54) is 16.7 Å². The summed E-state index contributed by atoms with van der Waals surface area (Å²) in [7, 11) is 0. The van der Waals surface area contributed by atoms with Crippen molar-refractivity contribution in [2.75, 3.05) is 0 Å². The van der Waals surface area contributed by atoms with Gasteiger partial charge in [-0.05, 0) is 26.3 Å². The van der Waals surface area contributed by atoms with Crippen LogP contribution in [-0.4, -0.2) is 5.78 Å². The van der Waals surface area contributed by atoms with Gasteiger partial charge in [-0.2, -0.15) is 0 Å². The fraction of sp³-hybridized carbons (Fsp3) is 0.353. The number of benzene rings is 1. The second-order valence-electron chi connectivity index (χ2n) is 5.20. The van der Waals surface area contributed by atoms with Crippen molar-refractivity contribution in [3.05, 3.63) is 58.7 Å². The number of hydrogen-bond acceptors (Lipinski definition) is 1. The van der Waals surface area contributed by atoms with Crippen LogP contribution in [0.3, 0.4) is 0 Å². The van der Waals surface area contributed by atoms with Gasteiger partial charge in [0.05, 0.1) is 0 Å². The highest BCUT2D eigenvalue weighted by Gasteiger charge is 2.28. The van der Waals surface area contributed by atoms with Crippen molar-refractivity contribution < 1.29 is 4.79 Å². The van der Waals surface area contributed by atoms with Gasteiger partial charge in [-0.3, -0.25) is 4.79 Å². The minimum atomic E-state index is 0.0137. The molecule has 1 nitrogen and oxygen atoms in total. The molecule has 0 fully saturated rings. The van der Waals surface area contributed by atoms with Gasteiger partial charge in [-0.25, -0.2) is 0 Å². The van der Waals surface area contributed by atoms with Crippen LogP contribution in [0.1, 0.15) is 38.1 Å². The maximum Gasteiger partial charge on any atom is 0.166 e. The fourth-order valence-corrected chi connectivity index (χ4v) is 2.63. The first-order valence-electron chi connectivity index (χ1n) is 6.47. The molecule has 0 spiro atoms. The third kappa shape index (κ3) is 2.17. The van der Waals surface area contributed by atoms with E-state index in [2.05, 4.69) is 26.8 Å². The Morgan fingerprint density at radius 3 is 2.22 bits per heavy atom. The second kappa shape index (κ2) is 4.93. The summed E-state index contributed by atoms with van der Waals surface area (Å²) in [6.45, 7) is 8.44. The molecule has 1 aliphatic carbocycles. The lowest BCUT2D eigenvalue weighted by atomic mass is 9.84. The van der Waals surface area contributed by atoms with Gasteiger partial charge in [0.25, 0.3) is 0 Å². The lowest BCUT2D eigenvalue weighted by Crippen LogP contribution is -2.19. The quantitative estimate of drug-likeness (QED) is 0.715. The van der Waals surface area contributed by atoms with E-state index < -0.39 is 0 Å². The molecular weight excluding hydrogens is 220 g/mol.